The van der Waals surface area contributed by atoms with Gasteiger partial charge in [0.1, 0.15) is 0 Å². The molecule has 1 N–H and O–H groups in total. The van der Waals surface area contributed by atoms with E-state index in [1.165, 1.54) is 31.5 Å². The minimum Gasteiger partial charge on any atom is -0.392 e. The van der Waals surface area contributed by atoms with Gasteiger partial charge in [-0.1, -0.05) is 28.4 Å². The molecule has 2 nitrogen and oxygen atoms in total. The van der Waals surface area contributed by atoms with Crippen molar-refractivity contribution in [2.45, 2.75) is 32.8 Å². The maximum atomic E-state index is 9.15. The molecule has 0 aromatic heterocycles. The van der Waals surface area contributed by atoms with Crippen molar-refractivity contribution in [3.63, 3.8) is 0 Å². The van der Waals surface area contributed by atoms with Gasteiger partial charge in [0, 0.05) is 23.2 Å². The van der Waals surface area contributed by atoms with Gasteiger partial charge in [-0.3, -0.25) is 0 Å². The number of anilines is 1. The molecule has 1 aliphatic carbocycles. The lowest BCUT2D eigenvalue weighted by atomic mass is 9.85. The quantitative estimate of drug-likeness (QED) is 0.898. The SMILES string of the molecule is CCN(CC1CCC1)c1ccc(CO)c(Br)c1. The van der Waals surface area contributed by atoms with Gasteiger partial charge in [-0.05, 0) is 43.4 Å². The van der Waals surface area contributed by atoms with E-state index in [9.17, 15) is 0 Å². The van der Waals surface area contributed by atoms with Crippen LogP contribution >= 0.6 is 15.9 Å². The van der Waals surface area contributed by atoms with Gasteiger partial charge in [-0.25, -0.2) is 0 Å². The van der Waals surface area contributed by atoms with Crippen LogP contribution in [0.25, 0.3) is 0 Å². The van der Waals surface area contributed by atoms with Crippen molar-refractivity contribution in [1.82, 2.24) is 0 Å². The predicted octanol–water partition coefficient (Wildman–Crippen LogP) is 3.57. The minimum atomic E-state index is 0.0929. The lowest BCUT2D eigenvalue weighted by Crippen LogP contribution is -2.32. The van der Waals surface area contributed by atoms with Crippen LogP contribution in [0, 0.1) is 5.92 Å². The highest BCUT2D eigenvalue weighted by atomic mass is 79.9. The Bertz CT molecular complexity index is 376. The van der Waals surface area contributed by atoms with Crippen LogP contribution < -0.4 is 4.90 Å². The van der Waals surface area contributed by atoms with Gasteiger partial charge in [0.2, 0.25) is 0 Å². The molecule has 3 heteroatoms. The highest BCUT2D eigenvalue weighted by molar-refractivity contribution is 9.10. The van der Waals surface area contributed by atoms with E-state index in [1.807, 2.05) is 6.07 Å². The van der Waals surface area contributed by atoms with E-state index in [0.717, 1.165) is 22.5 Å². The molecule has 2 rings (SSSR count). The van der Waals surface area contributed by atoms with Crippen molar-refractivity contribution in [3.05, 3.63) is 28.2 Å². The van der Waals surface area contributed by atoms with Gasteiger partial charge in [0.05, 0.1) is 6.61 Å². The Labute approximate surface area is 112 Å². The highest BCUT2D eigenvalue weighted by Gasteiger charge is 2.20. The molecule has 1 fully saturated rings. The topological polar surface area (TPSA) is 23.5 Å². The molecule has 94 valence electrons. The number of hydrogen-bond donors (Lipinski definition) is 1. The normalized spacial score (nSPS) is 15.7. The molecule has 0 unspecified atom stereocenters. The molecule has 0 amide bonds. The zero-order valence-corrected chi connectivity index (χ0v) is 11.9. The number of halogens is 1. The summed E-state index contributed by atoms with van der Waals surface area (Å²) in [5.74, 6) is 0.881. The largest absolute Gasteiger partial charge is 0.392 e. The van der Waals surface area contributed by atoms with E-state index in [-0.39, 0.29) is 6.61 Å². The lowest BCUT2D eigenvalue weighted by molar-refractivity contribution is 0.281. The Kier molecular flexibility index (Phi) is 4.46. The Morgan fingerprint density at radius 3 is 2.65 bits per heavy atom. The van der Waals surface area contributed by atoms with Gasteiger partial charge < -0.3 is 10.0 Å². The number of rotatable bonds is 5. The zero-order valence-electron chi connectivity index (χ0n) is 10.3. The van der Waals surface area contributed by atoms with Crippen LogP contribution in [0.3, 0.4) is 0 Å². The second-order valence-corrected chi connectivity index (χ2v) is 5.62. The zero-order chi connectivity index (χ0) is 12.3. The standard InChI is InChI=1S/C14H20BrNO/c1-2-16(9-11-4-3-5-11)13-7-6-12(10-17)14(15)8-13/h6-8,11,17H,2-5,9-10H2,1H3. The Morgan fingerprint density at radius 1 is 1.41 bits per heavy atom. The summed E-state index contributed by atoms with van der Waals surface area (Å²) in [6.07, 6.45) is 4.16. The van der Waals surface area contributed by atoms with Crippen LogP contribution in [-0.4, -0.2) is 18.2 Å². The molecular weight excluding hydrogens is 278 g/mol. The van der Waals surface area contributed by atoms with E-state index in [2.05, 4.69) is 39.9 Å². The second-order valence-electron chi connectivity index (χ2n) is 4.77. The summed E-state index contributed by atoms with van der Waals surface area (Å²) < 4.78 is 1.00. The molecule has 1 aromatic rings. The summed E-state index contributed by atoms with van der Waals surface area (Å²) in [7, 11) is 0. The molecule has 1 aromatic carbocycles. The van der Waals surface area contributed by atoms with Crippen LogP contribution in [0.5, 0.6) is 0 Å². The Morgan fingerprint density at radius 2 is 2.18 bits per heavy atom. The molecule has 1 aliphatic rings. The number of hydrogen-bond acceptors (Lipinski definition) is 2. The third-order valence-corrected chi connectivity index (χ3v) is 4.40. The first-order chi connectivity index (χ1) is 8.24. The van der Waals surface area contributed by atoms with Crippen LogP contribution in [0.1, 0.15) is 31.7 Å². The molecule has 0 saturated heterocycles. The average molecular weight is 298 g/mol. The minimum absolute atomic E-state index is 0.0929. The summed E-state index contributed by atoms with van der Waals surface area (Å²) in [6, 6.07) is 6.23. The van der Waals surface area contributed by atoms with Crippen LogP contribution in [0.4, 0.5) is 5.69 Å². The summed E-state index contributed by atoms with van der Waals surface area (Å²) in [5.41, 5.74) is 2.21. The lowest BCUT2D eigenvalue weighted by Gasteiger charge is -2.33. The Balaban J connectivity index is 2.09. The van der Waals surface area contributed by atoms with Gasteiger partial charge in [-0.2, -0.15) is 0 Å². The summed E-state index contributed by atoms with van der Waals surface area (Å²) >= 11 is 3.52. The van der Waals surface area contributed by atoms with Crippen LogP contribution in [0.2, 0.25) is 0 Å². The highest BCUT2D eigenvalue weighted by Crippen LogP contribution is 2.30. The maximum Gasteiger partial charge on any atom is 0.0692 e. The number of nitrogens with zero attached hydrogens (tertiary/aromatic N) is 1. The second kappa shape index (κ2) is 5.87. The maximum absolute atomic E-state index is 9.15. The smallest absolute Gasteiger partial charge is 0.0692 e. The van der Waals surface area contributed by atoms with Crippen LogP contribution in [0.15, 0.2) is 22.7 Å². The van der Waals surface area contributed by atoms with Crippen molar-refractivity contribution in [1.29, 1.82) is 0 Å². The average Bonchev–Trinajstić information content (AvgIpc) is 2.28. The first-order valence-corrected chi connectivity index (χ1v) is 7.18. The van der Waals surface area contributed by atoms with E-state index in [1.54, 1.807) is 0 Å². The molecule has 17 heavy (non-hydrogen) atoms. The van der Waals surface area contributed by atoms with Gasteiger partial charge in [0.15, 0.2) is 0 Å². The van der Waals surface area contributed by atoms with Crippen molar-refractivity contribution >= 4 is 21.6 Å². The fraction of sp³-hybridized carbons (Fsp3) is 0.571. The van der Waals surface area contributed by atoms with E-state index in [4.69, 9.17) is 5.11 Å². The first-order valence-electron chi connectivity index (χ1n) is 6.38. The molecule has 0 atom stereocenters. The molecule has 1 saturated carbocycles. The molecule has 0 radical (unpaired) electrons. The molecular formula is C14H20BrNO. The van der Waals surface area contributed by atoms with E-state index in [0.29, 0.717) is 0 Å². The van der Waals surface area contributed by atoms with Crippen molar-refractivity contribution < 1.29 is 5.11 Å². The monoisotopic (exact) mass is 297 g/mol. The predicted molar refractivity (Wildman–Crippen MR) is 75.3 cm³/mol. The van der Waals surface area contributed by atoms with Gasteiger partial charge >= 0.3 is 0 Å². The third kappa shape index (κ3) is 3.02. The van der Waals surface area contributed by atoms with Crippen molar-refractivity contribution in [2.75, 3.05) is 18.0 Å². The number of aliphatic hydroxyl groups excluding tert-OH is 1. The molecule has 0 heterocycles. The molecule has 0 spiro atoms. The van der Waals surface area contributed by atoms with Gasteiger partial charge in [-0.15, -0.1) is 0 Å². The fourth-order valence-electron chi connectivity index (χ4n) is 2.27. The third-order valence-electron chi connectivity index (χ3n) is 3.66. The fourth-order valence-corrected chi connectivity index (χ4v) is 2.76. The summed E-state index contributed by atoms with van der Waals surface area (Å²) in [6.45, 7) is 4.50. The molecule has 0 aliphatic heterocycles. The number of benzene rings is 1. The van der Waals surface area contributed by atoms with Crippen LogP contribution in [-0.2, 0) is 6.61 Å². The van der Waals surface area contributed by atoms with Crippen molar-refractivity contribution in [2.24, 2.45) is 5.92 Å². The van der Waals surface area contributed by atoms with E-state index >= 15 is 0 Å². The number of aliphatic hydroxyl groups is 1. The summed E-state index contributed by atoms with van der Waals surface area (Å²) in [5, 5.41) is 9.15. The van der Waals surface area contributed by atoms with Crippen molar-refractivity contribution in [3.8, 4) is 0 Å². The first kappa shape index (κ1) is 12.9. The Hall–Kier alpha value is -0.540. The van der Waals surface area contributed by atoms with E-state index < -0.39 is 0 Å². The van der Waals surface area contributed by atoms with Gasteiger partial charge in [0.25, 0.3) is 0 Å². The summed E-state index contributed by atoms with van der Waals surface area (Å²) in [4.78, 5) is 2.43. The molecule has 0 bridgehead atoms.